The second-order valence-corrected chi connectivity index (χ2v) is 4.04. The number of primary amides is 1. The summed E-state index contributed by atoms with van der Waals surface area (Å²) >= 11 is 0. The first-order valence-electron chi connectivity index (χ1n) is 5.09. The van der Waals surface area contributed by atoms with E-state index in [1.54, 1.807) is 0 Å². The molecule has 1 aliphatic rings. The third-order valence-electron chi connectivity index (χ3n) is 1.84. The van der Waals surface area contributed by atoms with Gasteiger partial charge in [-0.3, -0.25) is 0 Å². The van der Waals surface area contributed by atoms with Crippen LogP contribution in [-0.2, 0) is 4.74 Å². The van der Waals surface area contributed by atoms with Crippen molar-refractivity contribution >= 4 is 6.09 Å². The molecular weight excluding hydrogens is 180 g/mol. The van der Waals surface area contributed by atoms with Gasteiger partial charge in [-0.15, -0.1) is 0 Å². The molecule has 0 aliphatic heterocycles. The van der Waals surface area contributed by atoms with E-state index in [2.05, 4.69) is 0 Å². The third-order valence-corrected chi connectivity index (χ3v) is 1.84. The number of nitrogens with zero attached hydrogens (tertiary/aromatic N) is 1. The van der Waals surface area contributed by atoms with Gasteiger partial charge in [-0.2, -0.15) is 0 Å². The lowest BCUT2D eigenvalue weighted by Gasteiger charge is -2.20. The Hall–Kier alpha value is -0.770. The number of amides is 1. The summed E-state index contributed by atoms with van der Waals surface area (Å²) in [5.41, 5.74) is 4.86. The second-order valence-electron chi connectivity index (χ2n) is 4.04. The lowest BCUT2D eigenvalue weighted by atomic mass is 9.98. The summed E-state index contributed by atoms with van der Waals surface area (Å²) in [7, 11) is 6.00. The van der Waals surface area contributed by atoms with E-state index in [-0.39, 0.29) is 6.10 Å². The van der Waals surface area contributed by atoms with Crippen LogP contribution in [0.1, 0.15) is 32.1 Å². The van der Waals surface area contributed by atoms with Gasteiger partial charge >= 0.3 is 6.09 Å². The predicted octanol–water partition coefficient (Wildman–Crippen LogP) is 1.59. The molecule has 0 spiro atoms. The third kappa shape index (κ3) is 9.32. The minimum atomic E-state index is -0.632. The summed E-state index contributed by atoms with van der Waals surface area (Å²) in [6.07, 6.45) is 5.04. The average molecular weight is 202 g/mol. The Bertz CT molecular complexity index is 151. The van der Waals surface area contributed by atoms with Crippen molar-refractivity contribution in [2.45, 2.75) is 38.2 Å². The van der Waals surface area contributed by atoms with Crippen LogP contribution in [0, 0.1) is 0 Å². The summed E-state index contributed by atoms with van der Waals surface area (Å²) in [5.74, 6) is 0. The molecule has 1 saturated carbocycles. The van der Waals surface area contributed by atoms with Crippen LogP contribution in [-0.4, -0.2) is 38.2 Å². The quantitative estimate of drug-likeness (QED) is 0.702. The highest BCUT2D eigenvalue weighted by molar-refractivity contribution is 5.64. The highest BCUT2D eigenvalue weighted by Gasteiger charge is 2.15. The van der Waals surface area contributed by atoms with Gasteiger partial charge in [0, 0.05) is 0 Å². The van der Waals surface area contributed by atoms with Gasteiger partial charge in [0.15, 0.2) is 0 Å². The number of carbonyl (C=O) groups is 1. The van der Waals surface area contributed by atoms with E-state index in [9.17, 15) is 4.79 Å². The van der Waals surface area contributed by atoms with Gasteiger partial charge < -0.3 is 15.4 Å². The second kappa shape index (κ2) is 7.62. The van der Waals surface area contributed by atoms with Crippen molar-refractivity contribution in [3.63, 3.8) is 0 Å². The molecule has 2 N–H and O–H groups in total. The molecular formula is C10H22N2O2. The molecule has 0 atom stereocenters. The maximum Gasteiger partial charge on any atom is 0.404 e. The van der Waals surface area contributed by atoms with Crippen molar-refractivity contribution in [3.05, 3.63) is 0 Å². The summed E-state index contributed by atoms with van der Waals surface area (Å²) in [6, 6.07) is 0. The lowest BCUT2D eigenvalue weighted by Crippen LogP contribution is -2.24. The Kier molecular flexibility index (Phi) is 7.20. The summed E-state index contributed by atoms with van der Waals surface area (Å²) < 4.78 is 4.83. The van der Waals surface area contributed by atoms with Crippen molar-refractivity contribution in [2.24, 2.45) is 5.73 Å². The summed E-state index contributed by atoms with van der Waals surface area (Å²) in [6.45, 7) is 0. The van der Waals surface area contributed by atoms with Crippen molar-refractivity contribution in [1.82, 2.24) is 4.90 Å². The number of rotatable bonds is 1. The molecule has 4 heteroatoms. The van der Waals surface area contributed by atoms with E-state index in [4.69, 9.17) is 10.5 Å². The highest BCUT2D eigenvalue weighted by Crippen LogP contribution is 2.19. The fraction of sp³-hybridized carbons (Fsp3) is 0.900. The van der Waals surface area contributed by atoms with E-state index in [0.717, 1.165) is 25.7 Å². The van der Waals surface area contributed by atoms with Crippen LogP contribution in [0.5, 0.6) is 0 Å². The van der Waals surface area contributed by atoms with Gasteiger partial charge in [-0.05, 0) is 46.8 Å². The minimum absolute atomic E-state index is 0.103. The fourth-order valence-electron chi connectivity index (χ4n) is 1.35. The molecule has 1 rings (SSSR count). The van der Waals surface area contributed by atoms with Gasteiger partial charge in [0.25, 0.3) is 0 Å². The molecule has 1 fully saturated rings. The van der Waals surface area contributed by atoms with Crippen LogP contribution in [0.25, 0.3) is 0 Å². The molecule has 0 aromatic carbocycles. The molecule has 0 aromatic heterocycles. The lowest BCUT2D eigenvalue weighted by molar-refractivity contribution is 0.0829. The van der Waals surface area contributed by atoms with E-state index in [1.807, 2.05) is 26.0 Å². The molecule has 1 amide bonds. The van der Waals surface area contributed by atoms with Crippen LogP contribution >= 0.6 is 0 Å². The molecule has 0 heterocycles. The number of hydrogen-bond donors (Lipinski definition) is 1. The molecule has 1 aliphatic carbocycles. The largest absolute Gasteiger partial charge is 0.446 e. The van der Waals surface area contributed by atoms with E-state index < -0.39 is 6.09 Å². The maximum absolute atomic E-state index is 10.3. The van der Waals surface area contributed by atoms with Crippen LogP contribution in [0.15, 0.2) is 0 Å². The van der Waals surface area contributed by atoms with Gasteiger partial charge in [0.1, 0.15) is 6.10 Å². The molecule has 0 aromatic rings. The molecule has 0 unspecified atom stereocenters. The molecule has 4 nitrogen and oxygen atoms in total. The number of carbonyl (C=O) groups excluding carboxylic acids is 1. The van der Waals surface area contributed by atoms with Gasteiger partial charge in [-0.1, -0.05) is 6.42 Å². The van der Waals surface area contributed by atoms with Crippen LogP contribution in [0.3, 0.4) is 0 Å². The van der Waals surface area contributed by atoms with Gasteiger partial charge in [-0.25, -0.2) is 4.79 Å². The van der Waals surface area contributed by atoms with Crippen LogP contribution in [0.4, 0.5) is 4.79 Å². The smallest absolute Gasteiger partial charge is 0.404 e. The minimum Gasteiger partial charge on any atom is -0.446 e. The van der Waals surface area contributed by atoms with E-state index in [1.165, 1.54) is 6.42 Å². The Balaban J connectivity index is 0.000000364. The first kappa shape index (κ1) is 13.2. The van der Waals surface area contributed by atoms with Gasteiger partial charge in [0.05, 0.1) is 0 Å². The Morgan fingerprint density at radius 2 is 1.64 bits per heavy atom. The SMILES string of the molecule is CN(C)C.NC(=O)OC1CCCCC1. The molecule has 84 valence electrons. The molecule has 0 radical (unpaired) electrons. The van der Waals surface area contributed by atoms with Crippen molar-refractivity contribution in [2.75, 3.05) is 21.1 Å². The molecule has 0 bridgehead atoms. The molecule has 0 saturated heterocycles. The zero-order valence-corrected chi connectivity index (χ0v) is 9.45. The normalized spacial score (nSPS) is 17.1. The maximum atomic E-state index is 10.3. The average Bonchev–Trinajstić information content (AvgIpc) is 2.03. The fourth-order valence-corrected chi connectivity index (χ4v) is 1.35. The first-order valence-corrected chi connectivity index (χ1v) is 5.09. The predicted molar refractivity (Wildman–Crippen MR) is 57.2 cm³/mol. The summed E-state index contributed by atoms with van der Waals surface area (Å²) in [4.78, 5) is 12.3. The Morgan fingerprint density at radius 3 is 2.00 bits per heavy atom. The first-order chi connectivity index (χ1) is 6.52. The highest BCUT2D eigenvalue weighted by atomic mass is 16.6. The van der Waals surface area contributed by atoms with E-state index in [0.29, 0.717) is 0 Å². The zero-order chi connectivity index (χ0) is 11.0. The van der Waals surface area contributed by atoms with Crippen molar-refractivity contribution in [3.8, 4) is 0 Å². The topological polar surface area (TPSA) is 55.6 Å². The van der Waals surface area contributed by atoms with Crippen molar-refractivity contribution < 1.29 is 9.53 Å². The number of ether oxygens (including phenoxy) is 1. The van der Waals surface area contributed by atoms with Gasteiger partial charge in [0.2, 0.25) is 0 Å². The van der Waals surface area contributed by atoms with Crippen LogP contribution in [0.2, 0.25) is 0 Å². The van der Waals surface area contributed by atoms with Crippen molar-refractivity contribution in [1.29, 1.82) is 0 Å². The Morgan fingerprint density at radius 1 is 1.21 bits per heavy atom. The standard InChI is InChI=1S/C7H13NO2.C3H9N/c8-7(9)10-6-4-2-1-3-5-6;1-4(2)3/h6H,1-5H2,(H2,8,9);1-3H3. The Labute approximate surface area is 86.4 Å². The number of hydrogen-bond acceptors (Lipinski definition) is 3. The zero-order valence-electron chi connectivity index (χ0n) is 9.45. The molecule has 14 heavy (non-hydrogen) atoms. The number of nitrogens with two attached hydrogens (primary N) is 1. The summed E-state index contributed by atoms with van der Waals surface area (Å²) in [5, 5.41) is 0. The monoisotopic (exact) mass is 202 g/mol. The van der Waals surface area contributed by atoms with Crippen LogP contribution < -0.4 is 5.73 Å². The van der Waals surface area contributed by atoms with E-state index >= 15 is 0 Å².